The zero-order valence-corrected chi connectivity index (χ0v) is 34.6. The van der Waals surface area contributed by atoms with Crippen molar-refractivity contribution in [1.82, 2.24) is 0 Å². The summed E-state index contributed by atoms with van der Waals surface area (Å²) in [5, 5.41) is 0. The normalized spacial score (nSPS) is 15.7. The van der Waals surface area contributed by atoms with E-state index < -0.39 is 29.5 Å². The molecule has 6 nitrogen and oxygen atoms in total. The van der Waals surface area contributed by atoms with E-state index in [1.54, 1.807) is 30.3 Å². The lowest BCUT2D eigenvalue weighted by Gasteiger charge is -2.21. The molecule has 56 heavy (non-hydrogen) atoms. The average Bonchev–Trinajstić information content (AvgIpc) is 3.21. The second-order valence-corrected chi connectivity index (χ2v) is 20.0. The molecule has 288 valence electrons. The van der Waals surface area contributed by atoms with Gasteiger partial charge in [-0.3, -0.25) is 0 Å². The van der Waals surface area contributed by atoms with Crippen LogP contribution in [0.2, 0.25) is 0 Å². The van der Waals surface area contributed by atoms with Crippen LogP contribution in [0.3, 0.4) is 0 Å². The molecular weight excluding hydrogens is 757 g/mol. The molecule has 0 spiro atoms. The fourth-order valence-electron chi connectivity index (χ4n) is 7.82. The van der Waals surface area contributed by atoms with E-state index in [0.29, 0.717) is 42.2 Å². The summed E-state index contributed by atoms with van der Waals surface area (Å²) >= 11 is 0. The smallest absolute Gasteiger partial charge is 0.207 e. The van der Waals surface area contributed by atoms with Crippen LogP contribution in [0.15, 0.2) is 151 Å². The van der Waals surface area contributed by atoms with Crippen LogP contribution in [-0.2, 0) is 74.5 Å². The minimum absolute atomic E-state index is 0.464. The zero-order valence-electron chi connectivity index (χ0n) is 32.2. The summed E-state index contributed by atoms with van der Waals surface area (Å²) in [6.07, 6.45) is 5.54. The Labute approximate surface area is 332 Å². The summed E-state index contributed by atoms with van der Waals surface area (Å²) in [5.41, 5.74) is 9.86. The topological polar surface area (TPSA) is 102 Å². The summed E-state index contributed by atoms with van der Waals surface area (Å²) in [6.45, 7) is 8.18. The third-order valence-electron chi connectivity index (χ3n) is 11.0. The van der Waals surface area contributed by atoms with Crippen LogP contribution in [-0.4, -0.2) is 25.3 Å². The quantitative estimate of drug-likeness (QED) is 0.176. The largest absolute Gasteiger partial charge is 0.218 e. The highest BCUT2D eigenvalue weighted by molar-refractivity contribution is 7.92. The highest BCUT2D eigenvalue weighted by Gasteiger charge is 2.32. The van der Waals surface area contributed by atoms with E-state index in [1.165, 1.54) is 0 Å². The maximum atomic E-state index is 12.8. The van der Waals surface area contributed by atoms with Crippen molar-refractivity contribution in [3.63, 3.8) is 0 Å². The molecule has 9 heteroatoms. The molecule has 3 heterocycles. The molecule has 0 fully saturated rings. The molecule has 0 radical (unpaired) electrons. The first-order valence-corrected chi connectivity index (χ1v) is 23.7. The van der Waals surface area contributed by atoms with Gasteiger partial charge in [0.2, 0.25) is 29.5 Å². The molecule has 0 saturated heterocycles. The standard InChI is InChI=1S/C17H18O2S.2C15H14O2S/c1-3-12-5-7-14-11-15-8-6-13(4-2)10-17(15)20(18,19)16(14)9-12;1-2-11-7-5-9-15-13(11)10-12-6-3-4-8-14(12)18(15,16)17;1-2-11-7-8-13-10-12-5-3-4-6-14(12)18(16,17)15(13)9-11/h5-10H,3-4,11H2,1-2H3;2*3-9H,2,10H2,1H3. The van der Waals surface area contributed by atoms with Crippen LogP contribution in [0.5, 0.6) is 0 Å². The second-order valence-electron chi connectivity index (χ2n) is 14.4. The zero-order chi connectivity index (χ0) is 39.8. The molecule has 3 aliphatic heterocycles. The van der Waals surface area contributed by atoms with Crippen LogP contribution >= 0.6 is 0 Å². The van der Waals surface area contributed by atoms with E-state index in [9.17, 15) is 25.3 Å². The lowest BCUT2D eigenvalue weighted by Crippen LogP contribution is -2.16. The monoisotopic (exact) mass is 802 g/mol. The number of hydrogen-bond acceptors (Lipinski definition) is 6. The molecule has 0 atom stereocenters. The highest BCUT2D eigenvalue weighted by Crippen LogP contribution is 2.38. The van der Waals surface area contributed by atoms with Gasteiger partial charge in [-0.2, -0.15) is 0 Å². The summed E-state index contributed by atoms with van der Waals surface area (Å²) in [5.74, 6) is 0. The predicted molar refractivity (Wildman–Crippen MR) is 221 cm³/mol. The van der Waals surface area contributed by atoms with Crippen molar-refractivity contribution in [3.8, 4) is 0 Å². The van der Waals surface area contributed by atoms with Gasteiger partial charge in [0, 0.05) is 19.3 Å². The Hall–Kier alpha value is -4.83. The number of benzene rings is 6. The van der Waals surface area contributed by atoms with E-state index in [0.717, 1.165) is 87.7 Å². The van der Waals surface area contributed by atoms with Gasteiger partial charge >= 0.3 is 0 Å². The van der Waals surface area contributed by atoms with Crippen molar-refractivity contribution >= 4 is 29.5 Å². The average molecular weight is 803 g/mol. The first-order chi connectivity index (χ1) is 26.8. The Kier molecular flexibility index (Phi) is 11.0. The van der Waals surface area contributed by atoms with E-state index >= 15 is 0 Å². The molecule has 0 aliphatic carbocycles. The van der Waals surface area contributed by atoms with Crippen molar-refractivity contribution in [2.75, 3.05) is 0 Å². The highest BCUT2D eigenvalue weighted by atomic mass is 32.2. The Morgan fingerprint density at radius 3 is 1.14 bits per heavy atom. The van der Waals surface area contributed by atoms with Crippen LogP contribution < -0.4 is 0 Å². The Balaban J connectivity index is 0.000000129. The minimum Gasteiger partial charge on any atom is -0.218 e. The first-order valence-electron chi connectivity index (χ1n) is 19.2. The van der Waals surface area contributed by atoms with Crippen molar-refractivity contribution in [2.24, 2.45) is 0 Å². The van der Waals surface area contributed by atoms with Gasteiger partial charge in [-0.1, -0.05) is 113 Å². The molecule has 0 unspecified atom stereocenters. The molecule has 0 amide bonds. The molecule has 0 bridgehead atoms. The van der Waals surface area contributed by atoms with Gasteiger partial charge in [0.05, 0.1) is 29.4 Å². The van der Waals surface area contributed by atoms with Gasteiger partial charge in [0.25, 0.3) is 0 Å². The minimum atomic E-state index is -3.37. The number of aryl methyl sites for hydroxylation is 4. The third-order valence-corrected chi connectivity index (χ3v) is 16.8. The Morgan fingerprint density at radius 2 is 0.714 bits per heavy atom. The number of rotatable bonds is 4. The first kappa shape index (κ1) is 39.4. The van der Waals surface area contributed by atoms with Crippen LogP contribution in [0.4, 0.5) is 0 Å². The lowest BCUT2D eigenvalue weighted by molar-refractivity contribution is 0.589. The number of sulfone groups is 3. The van der Waals surface area contributed by atoms with Gasteiger partial charge in [-0.05, 0) is 118 Å². The summed E-state index contributed by atoms with van der Waals surface area (Å²) in [6, 6.07) is 37.6. The fraction of sp³-hybridized carbons (Fsp3) is 0.234. The molecular formula is C47H46O6S3. The maximum absolute atomic E-state index is 12.8. The lowest BCUT2D eigenvalue weighted by atomic mass is 9.98. The van der Waals surface area contributed by atoms with E-state index in [2.05, 4.69) is 6.92 Å². The number of hydrogen-bond donors (Lipinski definition) is 0. The molecule has 0 aromatic heterocycles. The molecule has 6 aromatic carbocycles. The van der Waals surface area contributed by atoms with Crippen molar-refractivity contribution in [2.45, 2.75) is 102 Å². The molecule has 6 aromatic rings. The fourth-order valence-corrected chi connectivity index (χ4v) is 13.2. The van der Waals surface area contributed by atoms with Gasteiger partial charge in [0.1, 0.15) is 0 Å². The number of fused-ring (bicyclic) bond motifs is 6. The van der Waals surface area contributed by atoms with E-state index in [4.69, 9.17) is 0 Å². The molecule has 0 N–H and O–H groups in total. The molecule has 0 saturated carbocycles. The van der Waals surface area contributed by atoms with Crippen molar-refractivity contribution < 1.29 is 25.3 Å². The SMILES string of the molecule is CCc1ccc2c(c1)S(=O)(=O)c1cc(CC)ccc1C2.CCc1ccc2c(c1)S(=O)(=O)c1ccccc1C2.CCc1cccc2c1Cc1ccccc1S2(=O)=O. The van der Waals surface area contributed by atoms with Crippen LogP contribution in [0.1, 0.15) is 83.3 Å². The Morgan fingerprint density at radius 1 is 0.357 bits per heavy atom. The third kappa shape index (κ3) is 7.17. The predicted octanol–water partition coefficient (Wildman–Crippen LogP) is 9.52. The molecule has 3 aliphatic rings. The van der Waals surface area contributed by atoms with Crippen LogP contribution in [0, 0.1) is 0 Å². The summed E-state index contributed by atoms with van der Waals surface area (Å²) < 4.78 is 75.9. The van der Waals surface area contributed by atoms with Gasteiger partial charge in [0.15, 0.2) is 0 Å². The van der Waals surface area contributed by atoms with Crippen LogP contribution in [0.25, 0.3) is 0 Å². The van der Waals surface area contributed by atoms with Crippen molar-refractivity contribution in [3.05, 3.63) is 177 Å². The second kappa shape index (κ2) is 15.6. The van der Waals surface area contributed by atoms with Gasteiger partial charge in [-0.25, -0.2) is 25.3 Å². The summed E-state index contributed by atoms with van der Waals surface area (Å²) in [4.78, 5) is 2.90. The maximum Gasteiger partial charge on any atom is 0.207 e. The Bertz CT molecular complexity index is 2720. The van der Waals surface area contributed by atoms with E-state index in [-0.39, 0.29) is 0 Å². The van der Waals surface area contributed by atoms with Gasteiger partial charge in [-0.15, -0.1) is 0 Å². The summed E-state index contributed by atoms with van der Waals surface area (Å²) in [7, 11) is -10.0. The molecule has 9 rings (SSSR count). The van der Waals surface area contributed by atoms with Gasteiger partial charge < -0.3 is 0 Å². The van der Waals surface area contributed by atoms with E-state index in [1.807, 2.05) is 112 Å². The van der Waals surface area contributed by atoms with Crippen molar-refractivity contribution in [1.29, 1.82) is 0 Å².